The van der Waals surface area contributed by atoms with Crippen molar-refractivity contribution in [1.82, 2.24) is 10.6 Å². The highest BCUT2D eigenvalue weighted by molar-refractivity contribution is 5.68. The molecule has 1 amide bonds. The Morgan fingerprint density at radius 2 is 2.07 bits per heavy atom. The molecule has 0 saturated carbocycles. The second kappa shape index (κ2) is 3.42. The molecule has 0 aromatic rings. The van der Waals surface area contributed by atoms with Gasteiger partial charge in [0, 0.05) is 12.1 Å². The van der Waals surface area contributed by atoms with Crippen LogP contribution in [0.5, 0.6) is 0 Å². The molecule has 1 aliphatic heterocycles. The third-order valence-electron chi connectivity index (χ3n) is 2.32. The van der Waals surface area contributed by atoms with Gasteiger partial charge in [-0.2, -0.15) is 0 Å². The zero-order valence-corrected chi connectivity index (χ0v) is 9.60. The molecule has 4 heteroatoms. The monoisotopic (exact) mass is 200 g/mol. The fourth-order valence-corrected chi connectivity index (χ4v) is 1.29. The van der Waals surface area contributed by atoms with Crippen LogP contribution >= 0.6 is 0 Å². The van der Waals surface area contributed by atoms with E-state index in [1.807, 2.05) is 20.8 Å². The molecule has 82 valence electrons. The molecule has 0 bridgehead atoms. The number of alkyl carbamates (subject to hydrolysis) is 1. The first-order chi connectivity index (χ1) is 6.21. The molecule has 14 heavy (non-hydrogen) atoms. The largest absolute Gasteiger partial charge is 0.444 e. The Labute approximate surface area is 85.4 Å². The Bertz CT molecular complexity index is 231. The van der Waals surface area contributed by atoms with Gasteiger partial charge in [-0.25, -0.2) is 4.79 Å². The van der Waals surface area contributed by atoms with E-state index in [9.17, 15) is 4.79 Å². The highest BCUT2D eigenvalue weighted by Crippen LogP contribution is 2.18. The number of rotatable bonds is 1. The van der Waals surface area contributed by atoms with Gasteiger partial charge in [-0.05, 0) is 34.6 Å². The summed E-state index contributed by atoms with van der Waals surface area (Å²) >= 11 is 0. The van der Waals surface area contributed by atoms with Crippen LogP contribution in [-0.4, -0.2) is 29.8 Å². The second-order valence-electron chi connectivity index (χ2n) is 5.30. The minimum absolute atomic E-state index is 0.0170. The molecule has 0 radical (unpaired) electrons. The van der Waals surface area contributed by atoms with Crippen LogP contribution < -0.4 is 10.6 Å². The van der Waals surface area contributed by atoms with Gasteiger partial charge in [0.1, 0.15) is 5.60 Å². The Balaban J connectivity index is 2.35. The van der Waals surface area contributed by atoms with Crippen LogP contribution in [0, 0.1) is 0 Å². The zero-order chi connectivity index (χ0) is 11.0. The normalized spacial score (nSPS) is 25.1. The number of ether oxygens (including phenoxy) is 1. The van der Waals surface area contributed by atoms with E-state index in [-0.39, 0.29) is 17.7 Å². The first-order valence-electron chi connectivity index (χ1n) is 4.95. The molecule has 1 rings (SSSR count). The minimum atomic E-state index is -0.425. The van der Waals surface area contributed by atoms with Gasteiger partial charge in [-0.1, -0.05) is 0 Å². The lowest BCUT2D eigenvalue weighted by Crippen LogP contribution is -2.71. The summed E-state index contributed by atoms with van der Waals surface area (Å²) in [6, 6.07) is 0.164. The molecule has 0 spiro atoms. The lowest BCUT2D eigenvalue weighted by Gasteiger charge is -2.45. The summed E-state index contributed by atoms with van der Waals surface area (Å²) < 4.78 is 5.16. The summed E-state index contributed by atoms with van der Waals surface area (Å²) in [6.07, 6.45) is -0.336. The third kappa shape index (κ3) is 2.87. The zero-order valence-electron chi connectivity index (χ0n) is 9.60. The maximum absolute atomic E-state index is 11.4. The number of carbonyl (C=O) groups excluding carboxylic acids is 1. The quantitative estimate of drug-likeness (QED) is 0.670. The Morgan fingerprint density at radius 1 is 1.50 bits per heavy atom. The van der Waals surface area contributed by atoms with E-state index in [1.54, 1.807) is 0 Å². The molecule has 0 aromatic heterocycles. The van der Waals surface area contributed by atoms with Gasteiger partial charge < -0.3 is 15.4 Å². The molecule has 2 N–H and O–H groups in total. The van der Waals surface area contributed by atoms with Gasteiger partial charge in [0.25, 0.3) is 0 Å². The molecular weight excluding hydrogens is 180 g/mol. The second-order valence-corrected chi connectivity index (χ2v) is 5.30. The van der Waals surface area contributed by atoms with Crippen LogP contribution in [0.1, 0.15) is 34.6 Å². The van der Waals surface area contributed by atoms with E-state index in [0.29, 0.717) is 0 Å². The SMILES string of the molecule is CC(C)(C)OC(=O)NC1CNC1(C)C. The fraction of sp³-hybridized carbons (Fsp3) is 0.900. The number of amides is 1. The smallest absolute Gasteiger partial charge is 0.407 e. The summed E-state index contributed by atoms with van der Waals surface area (Å²) in [5, 5.41) is 6.07. The van der Waals surface area contributed by atoms with E-state index >= 15 is 0 Å². The third-order valence-corrected chi connectivity index (χ3v) is 2.32. The van der Waals surface area contributed by atoms with Crippen molar-refractivity contribution >= 4 is 6.09 Å². The van der Waals surface area contributed by atoms with Crippen molar-refractivity contribution in [3.8, 4) is 0 Å². The van der Waals surface area contributed by atoms with Gasteiger partial charge in [-0.3, -0.25) is 0 Å². The molecule has 0 aliphatic carbocycles. The molecule has 1 atom stereocenters. The van der Waals surface area contributed by atoms with Crippen molar-refractivity contribution in [2.75, 3.05) is 6.54 Å². The van der Waals surface area contributed by atoms with Gasteiger partial charge in [0.05, 0.1) is 6.04 Å². The van der Waals surface area contributed by atoms with Crippen molar-refractivity contribution in [3.05, 3.63) is 0 Å². The number of hydrogen-bond acceptors (Lipinski definition) is 3. The summed E-state index contributed by atoms with van der Waals surface area (Å²) in [4.78, 5) is 11.4. The number of carbonyl (C=O) groups is 1. The van der Waals surface area contributed by atoms with Crippen LogP contribution in [-0.2, 0) is 4.74 Å². The topological polar surface area (TPSA) is 50.4 Å². The van der Waals surface area contributed by atoms with Crippen molar-refractivity contribution < 1.29 is 9.53 Å². The molecule has 0 aromatic carbocycles. The standard InChI is InChI=1S/C10H20N2O2/c1-9(2,3)14-8(13)12-7-6-11-10(7,4)5/h7,11H,6H2,1-5H3,(H,12,13). The van der Waals surface area contributed by atoms with Crippen LogP contribution in [0.4, 0.5) is 4.79 Å². The predicted octanol–water partition coefficient (Wildman–Crippen LogP) is 1.26. The van der Waals surface area contributed by atoms with Gasteiger partial charge in [0.15, 0.2) is 0 Å². The molecular formula is C10H20N2O2. The average Bonchev–Trinajstić information content (AvgIpc) is 1.95. The highest BCUT2D eigenvalue weighted by Gasteiger charge is 2.39. The van der Waals surface area contributed by atoms with Crippen molar-refractivity contribution in [1.29, 1.82) is 0 Å². The van der Waals surface area contributed by atoms with E-state index in [0.717, 1.165) is 6.54 Å². The molecule has 1 saturated heterocycles. The first-order valence-corrected chi connectivity index (χ1v) is 4.95. The highest BCUT2D eigenvalue weighted by atomic mass is 16.6. The lowest BCUT2D eigenvalue weighted by molar-refractivity contribution is 0.0418. The summed E-state index contributed by atoms with van der Waals surface area (Å²) in [7, 11) is 0. The Hall–Kier alpha value is -0.770. The van der Waals surface area contributed by atoms with Gasteiger partial charge >= 0.3 is 6.09 Å². The van der Waals surface area contributed by atoms with Crippen LogP contribution in [0.15, 0.2) is 0 Å². The van der Waals surface area contributed by atoms with Crippen molar-refractivity contribution in [2.45, 2.75) is 51.8 Å². The van der Waals surface area contributed by atoms with Crippen LogP contribution in [0.2, 0.25) is 0 Å². The maximum Gasteiger partial charge on any atom is 0.407 e. The minimum Gasteiger partial charge on any atom is -0.444 e. The molecule has 1 unspecified atom stereocenters. The fourth-order valence-electron chi connectivity index (χ4n) is 1.29. The average molecular weight is 200 g/mol. The van der Waals surface area contributed by atoms with Gasteiger partial charge in [0.2, 0.25) is 0 Å². The van der Waals surface area contributed by atoms with Crippen molar-refractivity contribution in [3.63, 3.8) is 0 Å². The Kier molecular flexibility index (Phi) is 2.76. The van der Waals surface area contributed by atoms with Gasteiger partial charge in [-0.15, -0.1) is 0 Å². The predicted molar refractivity (Wildman–Crippen MR) is 55.2 cm³/mol. The summed E-state index contributed by atoms with van der Waals surface area (Å²) in [6.45, 7) is 10.5. The van der Waals surface area contributed by atoms with Crippen LogP contribution in [0.25, 0.3) is 0 Å². The lowest BCUT2D eigenvalue weighted by atomic mass is 9.87. The number of nitrogens with one attached hydrogen (secondary N) is 2. The van der Waals surface area contributed by atoms with Crippen molar-refractivity contribution in [2.24, 2.45) is 0 Å². The molecule has 1 fully saturated rings. The molecule has 1 aliphatic rings. The Morgan fingerprint density at radius 3 is 2.36 bits per heavy atom. The summed E-state index contributed by atoms with van der Waals surface area (Å²) in [5.41, 5.74) is -0.442. The first kappa shape index (κ1) is 11.3. The number of hydrogen-bond donors (Lipinski definition) is 2. The summed E-state index contributed by atoms with van der Waals surface area (Å²) in [5.74, 6) is 0. The van der Waals surface area contributed by atoms with Crippen LogP contribution in [0.3, 0.4) is 0 Å². The molecule has 4 nitrogen and oxygen atoms in total. The maximum atomic E-state index is 11.4. The van der Waals surface area contributed by atoms with E-state index < -0.39 is 5.60 Å². The van der Waals surface area contributed by atoms with E-state index in [4.69, 9.17) is 4.74 Å². The van der Waals surface area contributed by atoms with E-state index in [2.05, 4.69) is 24.5 Å². The van der Waals surface area contributed by atoms with E-state index in [1.165, 1.54) is 0 Å². The molecule has 1 heterocycles.